The van der Waals surface area contributed by atoms with Crippen molar-refractivity contribution in [1.29, 1.82) is 0 Å². The fourth-order valence-corrected chi connectivity index (χ4v) is 4.48. The van der Waals surface area contributed by atoms with Crippen LogP contribution in [0.25, 0.3) is 0 Å². The average molecular weight is 311 g/mol. The second-order valence-electron chi connectivity index (χ2n) is 6.31. The zero-order valence-corrected chi connectivity index (χ0v) is 13.2. The number of benzene rings is 1. The second kappa shape index (κ2) is 4.97. The van der Waals surface area contributed by atoms with Crippen LogP contribution < -0.4 is 4.72 Å². The van der Waals surface area contributed by atoms with Gasteiger partial charge < -0.3 is 9.47 Å². The Morgan fingerprint density at radius 3 is 2.43 bits per heavy atom. The quantitative estimate of drug-likeness (QED) is 0.907. The summed E-state index contributed by atoms with van der Waals surface area (Å²) in [6.45, 7) is 4.15. The molecule has 2 fully saturated rings. The lowest BCUT2D eigenvalue weighted by molar-refractivity contribution is -0.139. The summed E-state index contributed by atoms with van der Waals surface area (Å²) in [6.07, 6.45) is 1.68. The molecule has 2 aliphatic rings. The zero-order chi connectivity index (χ0) is 15.1. The minimum atomic E-state index is -3.41. The Morgan fingerprint density at radius 2 is 1.90 bits per heavy atom. The van der Waals surface area contributed by atoms with Gasteiger partial charge in [0.15, 0.2) is 5.79 Å². The summed E-state index contributed by atoms with van der Waals surface area (Å²) in [7, 11) is -3.41. The molecule has 6 heteroatoms. The van der Waals surface area contributed by atoms with E-state index in [1.807, 2.05) is 32.0 Å². The molecule has 0 spiro atoms. The largest absolute Gasteiger partial charge is 0.348 e. The molecule has 1 unspecified atom stereocenters. The topological polar surface area (TPSA) is 64.6 Å². The molecule has 0 radical (unpaired) electrons. The molecule has 1 saturated carbocycles. The van der Waals surface area contributed by atoms with Crippen molar-refractivity contribution in [3.63, 3.8) is 0 Å². The predicted molar refractivity (Wildman–Crippen MR) is 80.5 cm³/mol. The van der Waals surface area contributed by atoms with Crippen LogP contribution in [0, 0.1) is 0 Å². The van der Waals surface area contributed by atoms with Gasteiger partial charge in [0.05, 0.1) is 17.5 Å². The van der Waals surface area contributed by atoms with Crippen LogP contribution in [0.4, 0.5) is 5.69 Å². The van der Waals surface area contributed by atoms with Gasteiger partial charge in [0.25, 0.3) is 0 Å². The van der Waals surface area contributed by atoms with Crippen molar-refractivity contribution in [3.8, 4) is 0 Å². The van der Waals surface area contributed by atoms with Crippen molar-refractivity contribution < 1.29 is 17.9 Å². The van der Waals surface area contributed by atoms with Gasteiger partial charge in [-0.15, -0.1) is 0 Å². The third kappa shape index (κ3) is 3.07. The number of ether oxygens (including phenoxy) is 2. The number of hydrogen-bond donors (Lipinski definition) is 1. The highest BCUT2D eigenvalue weighted by Crippen LogP contribution is 2.49. The van der Waals surface area contributed by atoms with E-state index in [1.165, 1.54) is 0 Å². The van der Waals surface area contributed by atoms with Gasteiger partial charge in [-0.1, -0.05) is 18.2 Å². The Labute approximate surface area is 125 Å². The molecular formula is C15H21NO4S. The summed E-state index contributed by atoms with van der Waals surface area (Å²) in [4.78, 5) is 0. The van der Waals surface area contributed by atoms with Crippen molar-refractivity contribution in [3.05, 3.63) is 30.3 Å². The summed E-state index contributed by atoms with van der Waals surface area (Å²) >= 11 is 0. The lowest BCUT2D eigenvalue weighted by Crippen LogP contribution is -2.34. The van der Waals surface area contributed by atoms with Gasteiger partial charge in [0.2, 0.25) is 10.0 Å². The number of anilines is 1. The van der Waals surface area contributed by atoms with Crippen molar-refractivity contribution in [2.75, 3.05) is 11.3 Å². The van der Waals surface area contributed by atoms with E-state index in [0.29, 0.717) is 31.6 Å². The lowest BCUT2D eigenvalue weighted by atomic mass is 10.2. The molecular weight excluding hydrogens is 290 g/mol. The fourth-order valence-electron chi connectivity index (χ4n) is 2.77. The van der Waals surface area contributed by atoms with Gasteiger partial charge in [-0.2, -0.15) is 0 Å². The van der Waals surface area contributed by atoms with Gasteiger partial charge in [-0.25, -0.2) is 8.42 Å². The summed E-state index contributed by atoms with van der Waals surface area (Å²) < 4.78 is 38.5. The molecule has 1 aromatic rings. The van der Waals surface area contributed by atoms with E-state index < -0.39 is 20.6 Å². The van der Waals surface area contributed by atoms with Crippen LogP contribution in [0.15, 0.2) is 30.3 Å². The van der Waals surface area contributed by atoms with Crippen molar-refractivity contribution in [1.82, 2.24) is 0 Å². The first-order chi connectivity index (χ1) is 9.82. The summed E-state index contributed by atoms with van der Waals surface area (Å²) in [6, 6.07) is 9.00. The first-order valence-electron chi connectivity index (χ1n) is 7.21. The Morgan fingerprint density at radius 1 is 1.24 bits per heavy atom. The molecule has 0 amide bonds. The summed E-state index contributed by atoms with van der Waals surface area (Å²) in [5.74, 6) is -0.614. The molecule has 1 heterocycles. The van der Waals surface area contributed by atoms with E-state index in [9.17, 15) is 8.42 Å². The van der Waals surface area contributed by atoms with Crippen LogP contribution >= 0.6 is 0 Å². The van der Waals surface area contributed by atoms with Gasteiger partial charge in [0.1, 0.15) is 0 Å². The first-order valence-corrected chi connectivity index (χ1v) is 8.70. The highest BCUT2D eigenvalue weighted by Gasteiger charge is 2.56. The third-order valence-corrected chi connectivity index (χ3v) is 6.29. The molecule has 21 heavy (non-hydrogen) atoms. The highest BCUT2D eigenvalue weighted by molar-refractivity contribution is 7.94. The van der Waals surface area contributed by atoms with Crippen LogP contribution in [0.1, 0.15) is 33.1 Å². The highest BCUT2D eigenvalue weighted by atomic mass is 32.2. The van der Waals surface area contributed by atoms with Gasteiger partial charge >= 0.3 is 0 Å². The minimum Gasteiger partial charge on any atom is -0.348 e. The fraction of sp³-hybridized carbons (Fsp3) is 0.600. The Kier molecular flexibility index (Phi) is 3.50. The molecule has 0 bridgehead atoms. The third-order valence-electron chi connectivity index (χ3n) is 4.07. The maximum absolute atomic E-state index is 12.6. The maximum atomic E-state index is 12.6. The number of sulfonamides is 1. The molecule has 3 rings (SSSR count). The molecule has 1 aliphatic carbocycles. The van der Waals surface area contributed by atoms with E-state index in [-0.39, 0.29) is 6.10 Å². The molecule has 1 aromatic carbocycles. The molecule has 1 N–H and O–H groups in total. The van der Waals surface area contributed by atoms with Crippen LogP contribution in [0.2, 0.25) is 0 Å². The summed E-state index contributed by atoms with van der Waals surface area (Å²) in [5.41, 5.74) is 0.604. The van der Waals surface area contributed by atoms with Crippen molar-refractivity contribution >= 4 is 15.7 Å². The van der Waals surface area contributed by atoms with Crippen LogP contribution in [-0.4, -0.2) is 31.7 Å². The molecule has 116 valence electrons. The minimum absolute atomic E-state index is 0.158. The molecule has 1 atom stereocenters. The smallest absolute Gasteiger partial charge is 0.238 e. The standard InChI is InChI=1S/C15H21NO4S/c1-14(2)19-11-13(20-14)10-15(8-9-15)21(17,18)16-12-6-4-3-5-7-12/h3-7,13,16H,8-11H2,1-2H3. The number of nitrogens with one attached hydrogen (secondary N) is 1. The Balaban J connectivity index is 1.70. The average Bonchev–Trinajstić information content (AvgIpc) is 3.10. The Bertz CT molecular complexity index is 608. The van der Waals surface area contributed by atoms with Crippen molar-refractivity contribution in [2.24, 2.45) is 0 Å². The normalized spacial score (nSPS) is 26.5. The van der Waals surface area contributed by atoms with Crippen molar-refractivity contribution in [2.45, 2.75) is 49.7 Å². The first kappa shape index (κ1) is 14.8. The monoisotopic (exact) mass is 311 g/mol. The van der Waals surface area contributed by atoms with Gasteiger partial charge in [-0.05, 0) is 45.2 Å². The van der Waals surface area contributed by atoms with Crippen LogP contribution in [0.3, 0.4) is 0 Å². The van der Waals surface area contributed by atoms with E-state index >= 15 is 0 Å². The van der Waals surface area contributed by atoms with Crippen LogP contribution in [0.5, 0.6) is 0 Å². The van der Waals surface area contributed by atoms with Crippen LogP contribution in [-0.2, 0) is 19.5 Å². The van der Waals surface area contributed by atoms with E-state index in [4.69, 9.17) is 9.47 Å². The van der Waals surface area contributed by atoms with E-state index in [0.717, 1.165) is 0 Å². The Hall–Kier alpha value is -1.11. The van der Waals surface area contributed by atoms with E-state index in [2.05, 4.69) is 4.72 Å². The zero-order valence-electron chi connectivity index (χ0n) is 12.3. The SMILES string of the molecule is CC1(C)OCC(CC2(S(=O)(=O)Nc3ccccc3)CC2)O1. The van der Waals surface area contributed by atoms with E-state index in [1.54, 1.807) is 12.1 Å². The molecule has 1 saturated heterocycles. The van der Waals surface area contributed by atoms with Gasteiger partial charge in [0, 0.05) is 5.69 Å². The number of para-hydroxylation sites is 1. The number of rotatable bonds is 5. The maximum Gasteiger partial charge on any atom is 0.238 e. The molecule has 1 aliphatic heterocycles. The molecule has 0 aromatic heterocycles. The predicted octanol–water partition coefficient (Wildman–Crippen LogP) is 2.50. The summed E-state index contributed by atoms with van der Waals surface area (Å²) in [5, 5.41) is 0. The molecule has 5 nitrogen and oxygen atoms in total. The van der Waals surface area contributed by atoms with Gasteiger partial charge in [-0.3, -0.25) is 4.72 Å². The second-order valence-corrected chi connectivity index (χ2v) is 8.39. The lowest BCUT2D eigenvalue weighted by Gasteiger charge is -2.22. The number of hydrogen-bond acceptors (Lipinski definition) is 4.